The smallest absolute Gasteiger partial charge is 0.337 e. The second-order valence-electron chi connectivity index (χ2n) is 13.9. The molecular weight excluding hydrogens is 1130 g/mol. The van der Waals surface area contributed by atoms with Crippen LogP contribution in [-0.2, 0) is 9.53 Å². The zero-order valence-electron chi connectivity index (χ0n) is 38.6. The first kappa shape index (κ1) is 68.5. The van der Waals surface area contributed by atoms with Gasteiger partial charge in [0.15, 0.2) is 0 Å². The molecule has 40 heteroatoms. The van der Waals surface area contributed by atoms with Crippen molar-refractivity contribution in [2.45, 2.75) is 13.0 Å². The second-order valence-corrected chi connectivity index (χ2v) is 13.9. The van der Waals surface area contributed by atoms with E-state index in [-0.39, 0.29) is 13.2 Å². The number of aliphatic hydroxyl groups excluding tert-OH is 2. The van der Waals surface area contributed by atoms with Crippen molar-refractivity contribution in [1.82, 2.24) is 0 Å². The van der Waals surface area contributed by atoms with E-state index in [1.165, 1.54) is 6.92 Å². The molecule has 0 fully saturated rings. The number of aliphatic hydroxyl groups is 2. The third kappa shape index (κ3) is 15.1. The SMILES string of the molecule is CC(=O)OCC(O)CO.O=C(O)c1c(C(=O)O)c(C(=O)O)c(C(=O)O)c(C(=O)O)c1C(=O)O.O=C(O)c1c(C(=O)O)c(C(=O)O)c(C(=O)O)c(C(=O)O)c1C(=O)O.O=C(O)c1c(C(=O)O)c(C(=O)O)c(C(=O)O)c(C(=O)O)c1C(=O)O. The third-order valence-corrected chi connectivity index (χ3v) is 9.04. The number of rotatable bonds is 21. The van der Waals surface area contributed by atoms with Crippen LogP contribution < -0.4 is 0 Å². The normalized spacial score (nSPS) is 10.3. The summed E-state index contributed by atoms with van der Waals surface area (Å²) >= 11 is 0. The zero-order valence-corrected chi connectivity index (χ0v) is 38.6. The first-order chi connectivity index (χ1) is 36.9. The lowest BCUT2D eigenvalue weighted by molar-refractivity contribution is -0.144. The van der Waals surface area contributed by atoms with Crippen LogP contribution >= 0.6 is 0 Å². The Morgan fingerprint density at radius 2 is 0.333 bits per heavy atom. The van der Waals surface area contributed by atoms with Crippen LogP contribution in [0.25, 0.3) is 0 Å². The largest absolute Gasteiger partial charge is 0.478 e. The van der Waals surface area contributed by atoms with Gasteiger partial charge in [0.2, 0.25) is 0 Å². The molecule has 0 radical (unpaired) electrons. The van der Waals surface area contributed by atoms with Gasteiger partial charge in [0.25, 0.3) is 0 Å². The van der Waals surface area contributed by atoms with Gasteiger partial charge in [-0.2, -0.15) is 0 Å². The van der Waals surface area contributed by atoms with Crippen LogP contribution in [0.2, 0.25) is 0 Å². The number of benzene rings is 3. The van der Waals surface area contributed by atoms with Gasteiger partial charge in [-0.3, -0.25) is 4.79 Å². The van der Waals surface area contributed by atoms with Crippen molar-refractivity contribution < 1.29 is 198 Å². The maximum Gasteiger partial charge on any atom is 0.337 e. The van der Waals surface area contributed by atoms with E-state index in [1.54, 1.807) is 0 Å². The van der Waals surface area contributed by atoms with Crippen molar-refractivity contribution in [2.24, 2.45) is 0 Å². The number of aromatic carboxylic acids is 18. The first-order valence-corrected chi connectivity index (χ1v) is 19.3. The molecule has 3 rings (SSSR count). The van der Waals surface area contributed by atoms with E-state index in [0.717, 1.165) is 0 Å². The number of carbonyl (C=O) groups is 19. The molecule has 1 atom stereocenters. The highest BCUT2D eigenvalue weighted by atomic mass is 16.5. The molecule has 0 aliphatic carbocycles. The Morgan fingerprint density at radius 3 is 0.383 bits per heavy atom. The van der Waals surface area contributed by atoms with Crippen molar-refractivity contribution in [2.75, 3.05) is 13.2 Å². The van der Waals surface area contributed by atoms with Gasteiger partial charge in [0.1, 0.15) is 12.7 Å². The summed E-state index contributed by atoms with van der Waals surface area (Å²) in [7, 11) is 0. The van der Waals surface area contributed by atoms with Crippen LogP contribution in [0.4, 0.5) is 0 Å². The summed E-state index contributed by atoms with van der Waals surface area (Å²) in [6.07, 6.45) is -0.950. The summed E-state index contributed by atoms with van der Waals surface area (Å²) in [6, 6.07) is 0. The molecule has 0 saturated heterocycles. The van der Waals surface area contributed by atoms with Gasteiger partial charge in [-0.1, -0.05) is 0 Å². The van der Waals surface area contributed by atoms with E-state index in [1.807, 2.05) is 0 Å². The first-order valence-electron chi connectivity index (χ1n) is 19.3. The molecule has 3 aromatic carbocycles. The Bertz CT molecular complexity index is 2460. The molecule has 0 saturated carbocycles. The van der Waals surface area contributed by atoms with Gasteiger partial charge >= 0.3 is 113 Å². The Hall–Kier alpha value is -12.5. The van der Waals surface area contributed by atoms with Crippen molar-refractivity contribution in [3.8, 4) is 0 Å². The van der Waals surface area contributed by atoms with E-state index in [0.29, 0.717) is 0 Å². The van der Waals surface area contributed by atoms with Gasteiger partial charge in [0.05, 0.1) is 107 Å². The summed E-state index contributed by atoms with van der Waals surface area (Å²) in [4.78, 5) is 212. The van der Waals surface area contributed by atoms with Gasteiger partial charge in [-0.15, -0.1) is 0 Å². The lowest BCUT2D eigenvalue weighted by Gasteiger charge is -2.15. The fraction of sp³-hybridized carbons (Fsp3) is 0.0976. The van der Waals surface area contributed by atoms with Gasteiger partial charge in [0, 0.05) is 6.92 Å². The average molecular weight is 1160 g/mol. The molecule has 3 aromatic rings. The molecule has 0 aliphatic rings. The van der Waals surface area contributed by atoms with Gasteiger partial charge < -0.3 is 107 Å². The van der Waals surface area contributed by atoms with Gasteiger partial charge in [-0.25, -0.2) is 86.3 Å². The maximum atomic E-state index is 11.2. The number of hydrogen-bond acceptors (Lipinski definition) is 22. The van der Waals surface area contributed by atoms with Crippen LogP contribution in [0.15, 0.2) is 0 Å². The molecule has 0 heterocycles. The molecule has 0 amide bonds. The van der Waals surface area contributed by atoms with Crippen LogP contribution in [0.1, 0.15) is 193 Å². The minimum absolute atomic E-state index is 0.133. The maximum absolute atomic E-state index is 11.2. The standard InChI is InChI=1S/3C12H6O12.C5H10O4/c3*13-7(14)1-2(8(15)16)4(10(19)20)6(12(23)24)5(11(21)22)3(1)9(17)18;1-4(7)9-3-5(8)2-6/h3*(H,13,14)(H,15,16)(H,17,18)(H,19,20)(H,21,22)(H,23,24);5-6,8H,2-3H2,1H3. The Morgan fingerprint density at radius 1 is 0.247 bits per heavy atom. The van der Waals surface area contributed by atoms with E-state index in [2.05, 4.69) is 4.74 Å². The minimum atomic E-state index is -2.26. The zero-order chi connectivity index (χ0) is 64.1. The molecule has 432 valence electrons. The Labute approximate surface area is 437 Å². The number of carboxylic acids is 18. The minimum Gasteiger partial charge on any atom is -0.478 e. The lowest BCUT2D eigenvalue weighted by atomic mass is 9.86. The molecule has 0 aromatic heterocycles. The summed E-state index contributed by atoms with van der Waals surface area (Å²) in [5, 5.41) is 179. The molecule has 0 spiro atoms. The number of hydrogen-bond donors (Lipinski definition) is 20. The molecule has 0 bridgehead atoms. The van der Waals surface area contributed by atoms with Crippen LogP contribution in [0, 0.1) is 0 Å². The van der Waals surface area contributed by atoms with Crippen molar-refractivity contribution in [3.63, 3.8) is 0 Å². The second kappa shape index (κ2) is 27.3. The fourth-order valence-electron chi connectivity index (χ4n) is 6.37. The number of carbonyl (C=O) groups excluding carboxylic acids is 1. The number of carboxylic acid groups (broad SMARTS) is 18. The molecule has 20 N–H and O–H groups in total. The average Bonchev–Trinajstić information content (AvgIpc) is 3.32. The predicted molar refractivity (Wildman–Crippen MR) is 234 cm³/mol. The lowest BCUT2D eigenvalue weighted by Crippen LogP contribution is -2.27. The van der Waals surface area contributed by atoms with E-state index in [4.69, 9.17) is 102 Å². The highest BCUT2D eigenvalue weighted by molar-refractivity contribution is 6.26. The summed E-state index contributed by atoms with van der Waals surface area (Å²) in [5.41, 5.74) is -29.8. The number of ether oxygens (including phenoxy) is 1. The van der Waals surface area contributed by atoms with E-state index in [9.17, 15) is 91.1 Å². The van der Waals surface area contributed by atoms with Crippen molar-refractivity contribution in [3.05, 3.63) is 100 Å². The molecular formula is C41H28O40. The quantitative estimate of drug-likeness (QED) is 0.0542. The topological polar surface area (TPSA) is 738 Å². The fourth-order valence-corrected chi connectivity index (χ4v) is 6.37. The van der Waals surface area contributed by atoms with Gasteiger partial charge in [-0.05, 0) is 0 Å². The highest BCUT2D eigenvalue weighted by Gasteiger charge is 2.43. The third-order valence-electron chi connectivity index (χ3n) is 9.04. The van der Waals surface area contributed by atoms with E-state index < -0.39 is 220 Å². The van der Waals surface area contributed by atoms with Crippen molar-refractivity contribution >= 4 is 113 Å². The van der Waals surface area contributed by atoms with Crippen LogP contribution in [0.3, 0.4) is 0 Å². The van der Waals surface area contributed by atoms with Crippen molar-refractivity contribution in [1.29, 1.82) is 0 Å². The summed E-state index contributed by atoms with van der Waals surface area (Å²) in [5.74, 6) is -41.1. The molecule has 40 nitrogen and oxygen atoms in total. The summed E-state index contributed by atoms with van der Waals surface area (Å²) in [6.45, 7) is 0.725. The molecule has 81 heavy (non-hydrogen) atoms. The summed E-state index contributed by atoms with van der Waals surface area (Å²) < 4.78 is 4.35. The molecule has 1 unspecified atom stereocenters. The predicted octanol–water partition coefficient (Wildman–Crippen LogP) is -1.47. The Kier molecular flexibility index (Phi) is 23.1. The monoisotopic (exact) mass is 1160 g/mol. The van der Waals surface area contributed by atoms with Crippen LogP contribution in [0.5, 0.6) is 0 Å². The highest BCUT2D eigenvalue weighted by Crippen LogP contribution is 2.33. The number of esters is 1. The van der Waals surface area contributed by atoms with E-state index >= 15 is 0 Å². The Balaban J connectivity index is 0.00000110. The molecule has 0 aliphatic heterocycles. The van der Waals surface area contributed by atoms with Crippen LogP contribution in [-0.4, -0.2) is 235 Å².